The van der Waals surface area contributed by atoms with Gasteiger partial charge in [-0.2, -0.15) is 0 Å². The van der Waals surface area contributed by atoms with Crippen molar-refractivity contribution in [2.45, 2.75) is 26.2 Å². The van der Waals surface area contributed by atoms with Crippen molar-refractivity contribution in [3.8, 4) is 17.3 Å². The average molecular weight is 476 g/mol. The maximum Gasteiger partial charge on any atom is 0.137 e. The van der Waals surface area contributed by atoms with E-state index in [0.29, 0.717) is 0 Å². The van der Waals surface area contributed by atoms with E-state index in [1.54, 1.807) is 0 Å². The normalized spacial score (nSPS) is 14.1. The first-order valence-corrected chi connectivity index (χ1v) is 12.1. The van der Waals surface area contributed by atoms with Crippen LogP contribution in [0.2, 0.25) is 0 Å². The number of rotatable bonds is 4. The summed E-state index contributed by atoms with van der Waals surface area (Å²) in [7, 11) is 1.98. The van der Waals surface area contributed by atoms with Crippen LogP contribution in [0.5, 0.6) is 11.5 Å². The maximum atomic E-state index is 6.52. The second-order valence-corrected chi connectivity index (χ2v) is 10.1. The van der Waals surface area contributed by atoms with Gasteiger partial charge in [-0.3, -0.25) is 9.58 Å². The minimum Gasteiger partial charge on any atom is -0.457 e. The number of benzene rings is 3. The lowest BCUT2D eigenvalue weighted by Gasteiger charge is -2.28. The fourth-order valence-electron chi connectivity index (χ4n) is 4.72. The van der Waals surface area contributed by atoms with Gasteiger partial charge < -0.3 is 10.2 Å². The third-order valence-corrected chi connectivity index (χ3v) is 6.58. The van der Waals surface area contributed by atoms with E-state index in [9.17, 15) is 0 Å². The summed E-state index contributed by atoms with van der Waals surface area (Å²) < 4.78 is 8.72. The highest BCUT2D eigenvalue weighted by molar-refractivity contribution is 6.09. The molecule has 6 rings (SSSR count). The van der Waals surface area contributed by atoms with Crippen molar-refractivity contribution in [1.29, 1.82) is 0 Å². The molecule has 0 bridgehead atoms. The molecule has 180 valence electrons. The van der Waals surface area contributed by atoms with Crippen LogP contribution in [0.3, 0.4) is 0 Å². The SMILES string of the molecule is CN1NC=CN1c1cc(Oc2ccc3c4ccccc4n(-c4ccccn4)c3c2)cc(C(C)(C)C)c1. The lowest BCUT2D eigenvalue weighted by molar-refractivity contribution is 0.302. The third-order valence-electron chi connectivity index (χ3n) is 6.58. The van der Waals surface area contributed by atoms with Crippen molar-refractivity contribution in [1.82, 2.24) is 20.1 Å². The van der Waals surface area contributed by atoms with Crippen LogP contribution in [-0.4, -0.2) is 21.7 Å². The molecular formula is C30H29N5O. The van der Waals surface area contributed by atoms with Gasteiger partial charge in [0.1, 0.15) is 17.3 Å². The average Bonchev–Trinajstić information content (AvgIpc) is 3.44. The second kappa shape index (κ2) is 8.43. The Labute approximate surface area is 211 Å². The van der Waals surface area contributed by atoms with Crippen molar-refractivity contribution in [2.75, 3.05) is 12.1 Å². The van der Waals surface area contributed by atoms with Crippen molar-refractivity contribution >= 4 is 27.5 Å². The zero-order valence-electron chi connectivity index (χ0n) is 20.9. The van der Waals surface area contributed by atoms with Crippen molar-refractivity contribution in [3.63, 3.8) is 0 Å². The van der Waals surface area contributed by atoms with Crippen LogP contribution < -0.4 is 15.2 Å². The van der Waals surface area contributed by atoms with E-state index in [1.165, 1.54) is 16.3 Å². The largest absolute Gasteiger partial charge is 0.457 e. The molecule has 0 radical (unpaired) electrons. The Morgan fingerprint density at radius 3 is 2.36 bits per heavy atom. The first-order valence-electron chi connectivity index (χ1n) is 12.1. The van der Waals surface area contributed by atoms with Gasteiger partial charge in [-0.15, -0.1) is 5.12 Å². The van der Waals surface area contributed by atoms with E-state index in [4.69, 9.17) is 4.74 Å². The summed E-state index contributed by atoms with van der Waals surface area (Å²) in [4.78, 5) is 4.64. The van der Waals surface area contributed by atoms with E-state index in [2.05, 4.69) is 95.4 Å². The number of hydrazine groups is 2. The first kappa shape index (κ1) is 22.2. The van der Waals surface area contributed by atoms with Gasteiger partial charge in [0.2, 0.25) is 0 Å². The summed E-state index contributed by atoms with van der Waals surface area (Å²) in [6, 6.07) is 27.1. The standard InChI is InChI=1S/C30H29N5O/c1-30(2,3)21-17-22(34-16-15-32-33(34)4)19-24(18-21)36-23-12-13-26-25-9-5-6-10-27(25)35(28(26)20-23)29-11-7-8-14-31-29/h5-20,32H,1-4H3. The molecule has 0 aliphatic carbocycles. The van der Waals surface area contributed by atoms with Gasteiger partial charge in [0.25, 0.3) is 0 Å². The number of nitrogens with one attached hydrogen (secondary N) is 1. The molecule has 0 fully saturated rings. The number of ether oxygens (including phenoxy) is 1. The molecule has 5 aromatic rings. The van der Waals surface area contributed by atoms with Crippen LogP contribution >= 0.6 is 0 Å². The number of anilines is 1. The Bertz CT molecular complexity index is 1600. The van der Waals surface area contributed by atoms with Gasteiger partial charge >= 0.3 is 0 Å². The van der Waals surface area contributed by atoms with E-state index in [0.717, 1.165) is 34.0 Å². The van der Waals surface area contributed by atoms with Crippen LogP contribution in [0.25, 0.3) is 27.6 Å². The zero-order chi connectivity index (χ0) is 24.9. The molecule has 1 aliphatic rings. The monoisotopic (exact) mass is 475 g/mol. The molecule has 0 unspecified atom stereocenters. The molecule has 2 aromatic heterocycles. The van der Waals surface area contributed by atoms with Crippen molar-refractivity contribution < 1.29 is 4.74 Å². The number of nitrogens with zero attached hydrogens (tertiary/aromatic N) is 4. The Balaban J connectivity index is 1.47. The first-order chi connectivity index (χ1) is 17.4. The predicted molar refractivity (Wildman–Crippen MR) is 146 cm³/mol. The fraction of sp³-hybridized carbons (Fsp3) is 0.167. The fourth-order valence-corrected chi connectivity index (χ4v) is 4.72. The van der Waals surface area contributed by atoms with Crippen LogP contribution in [0.1, 0.15) is 26.3 Å². The zero-order valence-corrected chi connectivity index (χ0v) is 20.9. The van der Waals surface area contributed by atoms with Gasteiger partial charge in [-0.05, 0) is 53.4 Å². The minimum atomic E-state index is -0.0289. The summed E-state index contributed by atoms with van der Waals surface area (Å²) >= 11 is 0. The molecule has 6 nitrogen and oxygen atoms in total. The Morgan fingerprint density at radius 1 is 0.806 bits per heavy atom. The topological polar surface area (TPSA) is 45.6 Å². The van der Waals surface area contributed by atoms with E-state index < -0.39 is 0 Å². The van der Waals surface area contributed by atoms with Gasteiger partial charge in [0.15, 0.2) is 0 Å². The molecule has 6 heteroatoms. The summed E-state index contributed by atoms with van der Waals surface area (Å²) in [5.41, 5.74) is 7.57. The highest BCUT2D eigenvalue weighted by Gasteiger charge is 2.21. The lowest BCUT2D eigenvalue weighted by Crippen LogP contribution is -2.38. The molecule has 3 heterocycles. The molecule has 1 N–H and O–H groups in total. The van der Waals surface area contributed by atoms with E-state index in [-0.39, 0.29) is 5.41 Å². The number of pyridine rings is 1. The lowest BCUT2D eigenvalue weighted by atomic mass is 9.86. The minimum absolute atomic E-state index is 0.0289. The Hall–Kier alpha value is -4.29. The van der Waals surface area contributed by atoms with Gasteiger partial charge in [-0.25, -0.2) is 4.98 Å². The van der Waals surface area contributed by atoms with Crippen LogP contribution in [0.15, 0.2) is 97.5 Å². The number of hydrogen-bond acceptors (Lipinski definition) is 5. The highest BCUT2D eigenvalue weighted by atomic mass is 16.5. The van der Waals surface area contributed by atoms with Crippen molar-refractivity contribution in [3.05, 3.63) is 103 Å². The van der Waals surface area contributed by atoms with Crippen LogP contribution in [0.4, 0.5) is 5.69 Å². The van der Waals surface area contributed by atoms with Gasteiger partial charge in [0, 0.05) is 48.5 Å². The summed E-state index contributed by atoms with van der Waals surface area (Å²) in [5.74, 6) is 2.46. The molecule has 1 aliphatic heterocycles. The highest BCUT2D eigenvalue weighted by Crippen LogP contribution is 2.37. The number of fused-ring (bicyclic) bond motifs is 3. The van der Waals surface area contributed by atoms with Crippen LogP contribution in [-0.2, 0) is 5.41 Å². The number of para-hydroxylation sites is 1. The summed E-state index contributed by atoms with van der Waals surface area (Å²) in [6.45, 7) is 6.65. The van der Waals surface area contributed by atoms with Crippen LogP contribution in [0, 0.1) is 0 Å². The molecule has 0 amide bonds. The Kier molecular flexibility index (Phi) is 5.20. The van der Waals surface area contributed by atoms with Gasteiger partial charge in [0.05, 0.1) is 16.7 Å². The smallest absolute Gasteiger partial charge is 0.137 e. The molecular weight excluding hydrogens is 446 g/mol. The molecule has 0 atom stereocenters. The van der Waals surface area contributed by atoms with E-state index >= 15 is 0 Å². The summed E-state index contributed by atoms with van der Waals surface area (Å²) in [5, 5.41) is 6.35. The number of aromatic nitrogens is 2. The third kappa shape index (κ3) is 3.85. The Morgan fingerprint density at radius 2 is 1.61 bits per heavy atom. The predicted octanol–water partition coefficient (Wildman–Crippen LogP) is 6.91. The molecule has 0 saturated carbocycles. The molecule has 3 aromatic carbocycles. The van der Waals surface area contributed by atoms with Crippen molar-refractivity contribution in [2.24, 2.45) is 0 Å². The maximum absolute atomic E-state index is 6.52. The quantitative estimate of drug-likeness (QED) is 0.306. The summed E-state index contributed by atoms with van der Waals surface area (Å²) in [6.07, 6.45) is 5.74. The molecule has 0 saturated heterocycles. The molecule has 0 spiro atoms. The van der Waals surface area contributed by atoms with E-state index in [1.807, 2.05) is 55.0 Å². The number of hydrogen-bond donors (Lipinski definition) is 1. The van der Waals surface area contributed by atoms with Gasteiger partial charge in [-0.1, -0.05) is 45.0 Å². The second-order valence-electron chi connectivity index (χ2n) is 10.1. The molecule has 36 heavy (non-hydrogen) atoms.